The highest BCUT2D eigenvalue weighted by Crippen LogP contribution is 2.40. The average molecular weight is 462 g/mol. The fraction of sp³-hybridized carbons (Fsp3) is 0.667. The number of amides is 2. The van der Waals surface area contributed by atoms with Gasteiger partial charge >= 0.3 is 0 Å². The molecule has 0 unspecified atom stereocenters. The summed E-state index contributed by atoms with van der Waals surface area (Å²) in [5.74, 6) is 0.434. The van der Waals surface area contributed by atoms with Crippen LogP contribution in [0, 0.1) is 17.8 Å². The normalized spacial score (nSPS) is 23.9. The van der Waals surface area contributed by atoms with Crippen LogP contribution in [0.3, 0.4) is 0 Å². The number of nitrogens with one attached hydrogen (secondary N) is 1. The first kappa shape index (κ1) is 23.2. The first-order valence-electron chi connectivity index (χ1n) is 11.9. The molecule has 4 rings (SSSR count). The van der Waals surface area contributed by atoms with Crippen LogP contribution in [0.1, 0.15) is 58.4 Å². The largest absolute Gasteiger partial charge is 0.356 e. The Labute approximate surface area is 191 Å². The molecular weight excluding hydrogens is 426 g/mol. The highest BCUT2D eigenvalue weighted by molar-refractivity contribution is 7.89. The number of fused-ring (bicyclic) bond motifs is 1. The second-order valence-corrected chi connectivity index (χ2v) is 11.9. The molecule has 2 aliphatic heterocycles. The lowest BCUT2D eigenvalue weighted by atomic mass is 9.98. The van der Waals surface area contributed by atoms with Crippen LogP contribution in [0.2, 0.25) is 0 Å². The maximum Gasteiger partial charge on any atom is 0.243 e. The van der Waals surface area contributed by atoms with Crippen molar-refractivity contribution in [2.45, 2.75) is 70.2 Å². The van der Waals surface area contributed by atoms with E-state index in [1.807, 2.05) is 11.8 Å². The number of sulfonamides is 1. The Kier molecular flexibility index (Phi) is 6.63. The van der Waals surface area contributed by atoms with E-state index in [-0.39, 0.29) is 41.1 Å². The molecule has 2 amide bonds. The maximum atomic E-state index is 13.4. The summed E-state index contributed by atoms with van der Waals surface area (Å²) < 4.78 is 28.2. The molecule has 0 spiro atoms. The molecule has 2 fully saturated rings. The molecule has 1 aromatic rings. The minimum atomic E-state index is -3.69. The highest BCUT2D eigenvalue weighted by atomic mass is 32.2. The first-order chi connectivity index (χ1) is 15.2. The predicted molar refractivity (Wildman–Crippen MR) is 124 cm³/mol. The molecule has 1 N–H and O–H groups in total. The van der Waals surface area contributed by atoms with Gasteiger partial charge in [0.1, 0.15) is 0 Å². The van der Waals surface area contributed by atoms with Gasteiger partial charge in [0.05, 0.1) is 10.8 Å². The van der Waals surface area contributed by atoms with Crippen LogP contribution in [0.4, 0.5) is 5.69 Å². The summed E-state index contributed by atoms with van der Waals surface area (Å²) in [6.45, 7) is 7.51. The topological polar surface area (TPSA) is 86.8 Å². The van der Waals surface area contributed by atoms with Gasteiger partial charge < -0.3 is 10.2 Å². The van der Waals surface area contributed by atoms with Crippen molar-refractivity contribution in [1.82, 2.24) is 9.62 Å². The molecule has 1 aromatic carbocycles. The summed E-state index contributed by atoms with van der Waals surface area (Å²) >= 11 is 0. The fourth-order valence-electron chi connectivity index (χ4n) is 4.78. The van der Waals surface area contributed by atoms with Crippen molar-refractivity contribution in [3.8, 4) is 0 Å². The van der Waals surface area contributed by atoms with E-state index in [1.165, 1.54) is 4.31 Å². The monoisotopic (exact) mass is 461 g/mol. The highest BCUT2D eigenvalue weighted by Gasteiger charge is 2.40. The third-order valence-corrected chi connectivity index (χ3v) is 8.71. The van der Waals surface area contributed by atoms with Crippen LogP contribution in [-0.2, 0) is 26.0 Å². The Bertz CT molecular complexity index is 987. The Balaban J connectivity index is 1.47. The van der Waals surface area contributed by atoms with Gasteiger partial charge in [0.15, 0.2) is 0 Å². The molecule has 176 valence electrons. The maximum absolute atomic E-state index is 13.4. The molecule has 7 nitrogen and oxygen atoms in total. The standard InChI is InChI=1S/C24H35N3O4S/c1-16(2)10-11-25-23(28)19-5-4-12-26(15-19)32(30,31)21-8-9-22-20(14-21)13-17(3)27(22)24(29)18-6-7-18/h8-9,14,16-19H,4-7,10-13,15H2,1-3H3,(H,25,28)/t17-,19+/m1/s1. The number of nitrogens with zero attached hydrogens (tertiary/aromatic N) is 2. The Hall–Kier alpha value is -1.93. The number of hydrogen-bond acceptors (Lipinski definition) is 4. The zero-order valence-electron chi connectivity index (χ0n) is 19.3. The number of anilines is 1. The number of piperidine rings is 1. The summed E-state index contributed by atoms with van der Waals surface area (Å²) in [5.41, 5.74) is 1.75. The van der Waals surface area contributed by atoms with Gasteiger partial charge in [0.25, 0.3) is 0 Å². The van der Waals surface area contributed by atoms with E-state index in [1.54, 1.807) is 18.2 Å². The van der Waals surface area contributed by atoms with E-state index in [4.69, 9.17) is 0 Å². The number of rotatable bonds is 7. The summed E-state index contributed by atoms with van der Waals surface area (Å²) in [4.78, 5) is 27.4. The minimum Gasteiger partial charge on any atom is -0.356 e. The van der Waals surface area contributed by atoms with E-state index in [2.05, 4.69) is 19.2 Å². The van der Waals surface area contributed by atoms with Gasteiger partial charge in [0.2, 0.25) is 21.8 Å². The molecule has 2 atom stereocenters. The van der Waals surface area contributed by atoms with E-state index < -0.39 is 10.0 Å². The van der Waals surface area contributed by atoms with Gasteiger partial charge in [-0.15, -0.1) is 0 Å². The lowest BCUT2D eigenvalue weighted by molar-refractivity contribution is -0.126. The number of benzene rings is 1. The molecule has 0 bridgehead atoms. The van der Waals surface area contributed by atoms with Crippen LogP contribution >= 0.6 is 0 Å². The van der Waals surface area contributed by atoms with Crippen molar-refractivity contribution in [2.75, 3.05) is 24.5 Å². The van der Waals surface area contributed by atoms with E-state index in [0.29, 0.717) is 38.3 Å². The third kappa shape index (κ3) is 4.71. The average Bonchev–Trinajstić information content (AvgIpc) is 3.55. The van der Waals surface area contributed by atoms with Crippen molar-refractivity contribution < 1.29 is 18.0 Å². The molecule has 1 aliphatic carbocycles. The molecule has 2 heterocycles. The van der Waals surface area contributed by atoms with E-state index >= 15 is 0 Å². The first-order valence-corrected chi connectivity index (χ1v) is 13.4. The van der Waals surface area contributed by atoms with Gasteiger partial charge in [-0.3, -0.25) is 9.59 Å². The van der Waals surface area contributed by atoms with Crippen LogP contribution < -0.4 is 10.2 Å². The molecular formula is C24H35N3O4S. The molecule has 8 heteroatoms. The van der Waals surface area contributed by atoms with Gasteiger partial charge in [-0.2, -0.15) is 4.31 Å². The number of carbonyl (C=O) groups is 2. The summed E-state index contributed by atoms with van der Waals surface area (Å²) in [7, 11) is -3.69. The second kappa shape index (κ2) is 9.14. The Morgan fingerprint density at radius 1 is 1.16 bits per heavy atom. The van der Waals surface area contributed by atoms with Crippen LogP contribution in [0.25, 0.3) is 0 Å². The predicted octanol–water partition coefficient (Wildman–Crippen LogP) is 2.94. The van der Waals surface area contributed by atoms with Gasteiger partial charge in [-0.25, -0.2) is 8.42 Å². The molecule has 1 saturated heterocycles. The summed E-state index contributed by atoms with van der Waals surface area (Å²) in [6, 6.07) is 5.18. The number of hydrogen-bond donors (Lipinski definition) is 1. The molecule has 0 aromatic heterocycles. The lowest BCUT2D eigenvalue weighted by Gasteiger charge is -2.31. The molecule has 3 aliphatic rings. The molecule has 0 radical (unpaired) electrons. The molecule has 1 saturated carbocycles. The minimum absolute atomic E-state index is 0.0463. The van der Waals surface area contributed by atoms with Gasteiger partial charge in [-0.1, -0.05) is 13.8 Å². The van der Waals surface area contributed by atoms with E-state index in [9.17, 15) is 18.0 Å². The van der Waals surface area contributed by atoms with Crippen LogP contribution in [0.15, 0.2) is 23.1 Å². The quantitative estimate of drug-likeness (QED) is 0.676. The Morgan fingerprint density at radius 2 is 1.91 bits per heavy atom. The zero-order chi connectivity index (χ0) is 23.0. The van der Waals surface area contributed by atoms with Crippen molar-refractivity contribution in [2.24, 2.45) is 17.8 Å². The van der Waals surface area contributed by atoms with Crippen molar-refractivity contribution in [3.05, 3.63) is 23.8 Å². The van der Waals surface area contributed by atoms with Crippen molar-refractivity contribution in [1.29, 1.82) is 0 Å². The smallest absolute Gasteiger partial charge is 0.243 e. The zero-order valence-corrected chi connectivity index (χ0v) is 20.2. The lowest BCUT2D eigenvalue weighted by Crippen LogP contribution is -2.45. The third-order valence-electron chi connectivity index (χ3n) is 6.84. The van der Waals surface area contributed by atoms with Crippen LogP contribution in [-0.4, -0.2) is 50.2 Å². The SMILES string of the molecule is CC(C)CCNC(=O)[C@H]1CCCN(S(=O)(=O)c2ccc3c(c2)C[C@@H](C)N3C(=O)C2CC2)C1. The van der Waals surface area contributed by atoms with Gasteiger partial charge in [0, 0.05) is 37.3 Å². The number of carbonyl (C=O) groups excluding carboxylic acids is 2. The van der Waals surface area contributed by atoms with Crippen molar-refractivity contribution >= 4 is 27.5 Å². The van der Waals surface area contributed by atoms with Crippen molar-refractivity contribution in [3.63, 3.8) is 0 Å². The fourth-order valence-corrected chi connectivity index (χ4v) is 6.36. The van der Waals surface area contributed by atoms with Crippen LogP contribution in [0.5, 0.6) is 0 Å². The Morgan fingerprint density at radius 3 is 2.59 bits per heavy atom. The molecule has 32 heavy (non-hydrogen) atoms. The van der Waals surface area contributed by atoms with E-state index in [0.717, 1.165) is 30.5 Å². The second-order valence-electron chi connectivity index (χ2n) is 10.0. The van der Waals surface area contributed by atoms with Gasteiger partial charge in [-0.05, 0) is 75.1 Å². The summed E-state index contributed by atoms with van der Waals surface area (Å²) in [5, 5.41) is 2.97. The summed E-state index contributed by atoms with van der Waals surface area (Å²) in [6.07, 6.45) is 4.86.